The molecule has 0 amide bonds. The second kappa shape index (κ2) is 8.52. The van der Waals surface area contributed by atoms with Crippen LogP contribution in [0.2, 0.25) is 0 Å². The zero-order valence-electron chi connectivity index (χ0n) is 12.1. The van der Waals surface area contributed by atoms with Gasteiger partial charge in [0.05, 0.1) is 0 Å². The van der Waals surface area contributed by atoms with E-state index in [0.717, 1.165) is 24.1 Å². The summed E-state index contributed by atoms with van der Waals surface area (Å²) in [7, 11) is 0. The fourth-order valence-electron chi connectivity index (χ4n) is 2.09. The van der Waals surface area contributed by atoms with Gasteiger partial charge in [-0.2, -0.15) is 0 Å². The van der Waals surface area contributed by atoms with Crippen molar-refractivity contribution in [1.29, 1.82) is 0 Å². The number of anilines is 1. The second-order valence-electron chi connectivity index (χ2n) is 5.09. The summed E-state index contributed by atoms with van der Waals surface area (Å²) in [6.07, 6.45) is 8.89. The van der Waals surface area contributed by atoms with Crippen molar-refractivity contribution in [3.63, 3.8) is 0 Å². The number of hydrogen-bond donors (Lipinski definition) is 1. The van der Waals surface area contributed by atoms with Gasteiger partial charge in [-0.1, -0.05) is 57.7 Å². The van der Waals surface area contributed by atoms with Gasteiger partial charge in [-0.05, 0) is 29.7 Å². The van der Waals surface area contributed by atoms with E-state index in [4.69, 9.17) is 5.73 Å². The van der Waals surface area contributed by atoms with E-state index in [0.29, 0.717) is 12.3 Å². The van der Waals surface area contributed by atoms with E-state index in [1.54, 1.807) is 6.08 Å². The van der Waals surface area contributed by atoms with Crippen molar-refractivity contribution >= 4 is 17.5 Å². The van der Waals surface area contributed by atoms with E-state index in [1.165, 1.54) is 12.8 Å². The zero-order valence-corrected chi connectivity index (χ0v) is 12.1. The first-order valence-electron chi connectivity index (χ1n) is 7.22. The number of ketones is 1. The molecule has 1 aromatic carbocycles. The molecule has 0 radical (unpaired) electrons. The van der Waals surface area contributed by atoms with Gasteiger partial charge in [-0.3, -0.25) is 4.79 Å². The molecular formula is C17H25NO. The lowest BCUT2D eigenvalue weighted by molar-refractivity contribution is -0.115. The van der Waals surface area contributed by atoms with E-state index < -0.39 is 0 Å². The fraction of sp³-hybridized carbons (Fsp3) is 0.471. The molecule has 1 rings (SSSR count). The van der Waals surface area contributed by atoms with Gasteiger partial charge in [0.2, 0.25) is 0 Å². The highest BCUT2D eigenvalue weighted by Gasteiger charge is 2.09. The Morgan fingerprint density at radius 1 is 1.26 bits per heavy atom. The van der Waals surface area contributed by atoms with Gasteiger partial charge in [-0.25, -0.2) is 0 Å². The normalized spacial score (nSPS) is 12.7. The van der Waals surface area contributed by atoms with Crippen LogP contribution in [0.3, 0.4) is 0 Å². The zero-order chi connectivity index (χ0) is 14.1. The van der Waals surface area contributed by atoms with Gasteiger partial charge >= 0.3 is 0 Å². The largest absolute Gasteiger partial charge is 0.399 e. The topological polar surface area (TPSA) is 43.1 Å². The predicted octanol–water partition coefficient (Wildman–Crippen LogP) is 4.46. The number of rotatable bonds is 8. The molecule has 0 aliphatic heterocycles. The van der Waals surface area contributed by atoms with Crippen molar-refractivity contribution in [2.24, 2.45) is 5.92 Å². The van der Waals surface area contributed by atoms with Crippen LogP contribution in [0.5, 0.6) is 0 Å². The lowest BCUT2D eigenvalue weighted by Gasteiger charge is -2.11. The summed E-state index contributed by atoms with van der Waals surface area (Å²) in [6.45, 7) is 4.35. The maximum atomic E-state index is 11.9. The first kappa shape index (κ1) is 15.5. The summed E-state index contributed by atoms with van der Waals surface area (Å²) in [4.78, 5) is 11.9. The molecule has 2 N–H and O–H groups in total. The number of nitrogen functional groups attached to an aromatic ring is 1. The van der Waals surface area contributed by atoms with Crippen molar-refractivity contribution in [2.45, 2.75) is 46.0 Å². The molecule has 1 unspecified atom stereocenters. The highest BCUT2D eigenvalue weighted by Crippen LogP contribution is 2.17. The summed E-state index contributed by atoms with van der Waals surface area (Å²) in [5, 5.41) is 0. The third-order valence-corrected chi connectivity index (χ3v) is 3.43. The van der Waals surface area contributed by atoms with E-state index in [-0.39, 0.29) is 5.78 Å². The van der Waals surface area contributed by atoms with Gasteiger partial charge in [0.25, 0.3) is 0 Å². The fourth-order valence-corrected chi connectivity index (χ4v) is 2.09. The Kier molecular flexibility index (Phi) is 6.94. The number of carbonyl (C=O) groups is 1. The third kappa shape index (κ3) is 6.23. The minimum absolute atomic E-state index is 0.222. The molecule has 0 saturated heterocycles. The van der Waals surface area contributed by atoms with E-state index in [2.05, 4.69) is 13.8 Å². The Balaban J connectivity index is 2.47. The Bertz CT molecular complexity index is 406. The van der Waals surface area contributed by atoms with Crippen LogP contribution >= 0.6 is 0 Å². The number of nitrogens with two attached hydrogens (primary N) is 1. The van der Waals surface area contributed by atoms with Crippen LogP contribution in [0.4, 0.5) is 5.69 Å². The van der Waals surface area contributed by atoms with Crippen molar-refractivity contribution in [3.8, 4) is 0 Å². The molecule has 0 aliphatic carbocycles. The number of benzene rings is 1. The first-order chi connectivity index (χ1) is 9.15. The van der Waals surface area contributed by atoms with Crippen LogP contribution in [0.1, 0.15) is 51.5 Å². The van der Waals surface area contributed by atoms with Crippen molar-refractivity contribution in [3.05, 3.63) is 35.9 Å². The third-order valence-electron chi connectivity index (χ3n) is 3.43. The van der Waals surface area contributed by atoms with E-state index in [9.17, 15) is 4.79 Å². The summed E-state index contributed by atoms with van der Waals surface area (Å²) in [5.41, 5.74) is 7.38. The SMILES string of the molecule is CCCCC(CC)CC(=O)/C=C/c1ccc(N)cc1. The molecule has 0 saturated carbocycles. The van der Waals surface area contributed by atoms with Crippen molar-refractivity contribution in [2.75, 3.05) is 5.73 Å². The smallest absolute Gasteiger partial charge is 0.155 e. The van der Waals surface area contributed by atoms with Gasteiger partial charge < -0.3 is 5.73 Å². The molecule has 104 valence electrons. The second-order valence-corrected chi connectivity index (χ2v) is 5.09. The van der Waals surface area contributed by atoms with Crippen LogP contribution in [-0.2, 0) is 4.79 Å². The average Bonchev–Trinajstić information content (AvgIpc) is 2.42. The monoisotopic (exact) mass is 259 g/mol. The van der Waals surface area contributed by atoms with Crippen LogP contribution in [-0.4, -0.2) is 5.78 Å². The highest BCUT2D eigenvalue weighted by molar-refractivity contribution is 5.93. The van der Waals surface area contributed by atoms with Gasteiger partial charge in [-0.15, -0.1) is 0 Å². The molecule has 1 aromatic rings. The summed E-state index contributed by atoms with van der Waals surface area (Å²) in [5.74, 6) is 0.753. The molecule has 2 nitrogen and oxygen atoms in total. The lowest BCUT2D eigenvalue weighted by atomic mass is 9.93. The molecule has 0 aromatic heterocycles. The average molecular weight is 259 g/mol. The van der Waals surface area contributed by atoms with Crippen LogP contribution in [0, 0.1) is 5.92 Å². The molecule has 1 atom stereocenters. The van der Waals surface area contributed by atoms with E-state index in [1.807, 2.05) is 30.3 Å². The number of hydrogen-bond acceptors (Lipinski definition) is 2. The molecule has 0 spiro atoms. The maximum Gasteiger partial charge on any atom is 0.155 e. The molecule has 0 fully saturated rings. The lowest BCUT2D eigenvalue weighted by Crippen LogP contribution is -2.05. The van der Waals surface area contributed by atoms with Crippen LogP contribution in [0.15, 0.2) is 30.3 Å². The Hall–Kier alpha value is -1.57. The van der Waals surface area contributed by atoms with Crippen molar-refractivity contribution < 1.29 is 4.79 Å². The number of unbranched alkanes of at least 4 members (excludes halogenated alkanes) is 1. The molecular weight excluding hydrogens is 234 g/mol. The number of allylic oxidation sites excluding steroid dienone is 1. The van der Waals surface area contributed by atoms with Gasteiger partial charge in [0, 0.05) is 12.1 Å². The quantitative estimate of drug-likeness (QED) is 0.553. The standard InChI is InChI=1S/C17H25NO/c1-3-5-6-14(4-2)13-17(19)12-9-15-7-10-16(18)11-8-15/h7-12,14H,3-6,13,18H2,1-2H3/b12-9+. The number of carbonyl (C=O) groups excluding carboxylic acids is 1. The molecule has 0 aliphatic rings. The first-order valence-corrected chi connectivity index (χ1v) is 7.22. The minimum atomic E-state index is 0.222. The summed E-state index contributed by atoms with van der Waals surface area (Å²) >= 11 is 0. The molecule has 0 bridgehead atoms. The molecule has 2 heteroatoms. The Morgan fingerprint density at radius 3 is 2.53 bits per heavy atom. The van der Waals surface area contributed by atoms with Crippen LogP contribution < -0.4 is 5.73 Å². The predicted molar refractivity (Wildman–Crippen MR) is 82.8 cm³/mol. The molecule has 19 heavy (non-hydrogen) atoms. The minimum Gasteiger partial charge on any atom is -0.399 e. The van der Waals surface area contributed by atoms with E-state index >= 15 is 0 Å². The Morgan fingerprint density at radius 2 is 1.95 bits per heavy atom. The summed E-state index contributed by atoms with van der Waals surface area (Å²) < 4.78 is 0. The highest BCUT2D eigenvalue weighted by atomic mass is 16.1. The molecule has 0 heterocycles. The maximum absolute atomic E-state index is 11.9. The van der Waals surface area contributed by atoms with Gasteiger partial charge in [0.1, 0.15) is 0 Å². The van der Waals surface area contributed by atoms with Crippen molar-refractivity contribution in [1.82, 2.24) is 0 Å². The van der Waals surface area contributed by atoms with Crippen LogP contribution in [0.25, 0.3) is 6.08 Å². The Labute approximate surface area is 116 Å². The summed E-state index contributed by atoms with van der Waals surface area (Å²) in [6, 6.07) is 7.54. The van der Waals surface area contributed by atoms with Gasteiger partial charge in [0.15, 0.2) is 5.78 Å².